The summed E-state index contributed by atoms with van der Waals surface area (Å²) in [5, 5.41) is 12.3. The highest BCUT2D eigenvalue weighted by Gasteiger charge is 2.24. The molecule has 0 saturated carbocycles. The fraction of sp³-hybridized carbons (Fsp3) is 0.462. The fourth-order valence-corrected chi connectivity index (χ4v) is 3.74. The fourth-order valence-electron chi connectivity index (χ4n) is 2.24. The molecule has 7 heteroatoms. The Labute approximate surface area is 125 Å². The topological polar surface area (TPSA) is 82.0 Å². The molecule has 1 aromatic rings. The van der Waals surface area contributed by atoms with Crippen LogP contribution in [0.3, 0.4) is 0 Å². The molecule has 0 bridgehead atoms. The van der Waals surface area contributed by atoms with Crippen LogP contribution in [0.25, 0.3) is 0 Å². The molecule has 1 aliphatic rings. The highest BCUT2D eigenvalue weighted by Crippen LogP contribution is 2.19. The van der Waals surface area contributed by atoms with Crippen LogP contribution in [-0.2, 0) is 10.0 Å². The molecule has 0 aromatic heterocycles. The summed E-state index contributed by atoms with van der Waals surface area (Å²) in [5.74, 6) is 0. The van der Waals surface area contributed by atoms with E-state index >= 15 is 0 Å². The Hall–Kier alpha value is -1.13. The molecule has 1 atom stereocenters. The first kappa shape index (κ1) is 16.9. The van der Waals surface area contributed by atoms with E-state index in [9.17, 15) is 8.42 Å². The van der Waals surface area contributed by atoms with Gasteiger partial charge in [0.25, 0.3) is 0 Å². The van der Waals surface area contributed by atoms with Gasteiger partial charge in [0.05, 0.1) is 5.56 Å². The monoisotopic (exact) mass is 315 g/mol. The standard InChI is InChI=1S/C13H17N3O2S.ClH/c1-10-4-2-6-13(12(10)8-14)19(17,18)16-11-5-3-7-15-9-11;/h2,4,6,11,15-16H,3,5,7,9H2,1H3;1H. The number of piperidine rings is 1. The van der Waals surface area contributed by atoms with E-state index in [1.54, 1.807) is 19.1 Å². The Balaban J connectivity index is 0.00000200. The van der Waals surface area contributed by atoms with Gasteiger partial charge in [0.1, 0.15) is 11.0 Å². The van der Waals surface area contributed by atoms with Crippen LogP contribution in [0.4, 0.5) is 0 Å². The van der Waals surface area contributed by atoms with E-state index in [1.165, 1.54) is 6.07 Å². The maximum absolute atomic E-state index is 12.3. The molecule has 1 aromatic carbocycles. The number of halogens is 1. The minimum absolute atomic E-state index is 0. The highest BCUT2D eigenvalue weighted by molar-refractivity contribution is 7.89. The molecule has 2 N–H and O–H groups in total. The number of hydrogen-bond donors (Lipinski definition) is 2. The van der Waals surface area contributed by atoms with Crippen molar-refractivity contribution in [1.29, 1.82) is 5.26 Å². The van der Waals surface area contributed by atoms with Crippen molar-refractivity contribution in [3.05, 3.63) is 29.3 Å². The van der Waals surface area contributed by atoms with Gasteiger partial charge in [0.15, 0.2) is 0 Å². The molecule has 0 radical (unpaired) electrons. The first-order chi connectivity index (χ1) is 9.04. The van der Waals surface area contributed by atoms with Crippen molar-refractivity contribution in [2.75, 3.05) is 13.1 Å². The van der Waals surface area contributed by atoms with Crippen molar-refractivity contribution >= 4 is 22.4 Å². The van der Waals surface area contributed by atoms with Crippen molar-refractivity contribution in [2.24, 2.45) is 0 Å². The summed E-state index contributed by atoms with van der Waals surface area (Å²) in [6, 6.07) is 6.74. The van der Waals surface area contributed by atoms with Gasteiger partial charge in [-0.2, -0.15) is 5.26 Å². The van der Waals surface area contributed by atoms with Gasteiger partial charge >= 0.3 is 0 Å². The van der Waals surface area contributed by atoms with Gasteiger partial charge in [-0.15, -0.1) is 12.4 Å². The summed E-state index contributed by atoms with van der Waals surface area (Å²) in [4.78, 5) is 0.0700. The molecule has 0 spiro atoms. The Morgan fingerprint density at radius 3 is 2.80 bits per heavy atom. The average molecular weight is 316 g/mol. The number of rotatable bonds is 3. The van der Waals surface area contributed by atoms with Gasteiger partial charge in [-0.1, -0.05) is 12.1 Å². The van der Waals surface area contributed by atoms with Gasteiger partial charge < -0.3 is 5.32 Å². The van der Waals surface area contributed by atoms with Crippen molar-refractivity contribution < 1.29 is 8.42 Å². The van der Waals surface area contributed by atoms with Gasteiger partial charge in [0, 0.05) is 12.6 Å². The summed E-state index contributed by atoms with van der Waals surface area (Å²) < 4.78 is 27.4. The number of sulfonamides is 1. The van der Waals surface area contributed by atoms with E-state index in [0.717, 1.165) is 19.4 Å². The predicted octanol–water partition coefficient (Wildman–Crippen LogP) is 1.32. The number of nitrogens with zero attached hydrogens (tertiary/aromatic N) is 1. The maximum Gasteiger partial charge on any atom is 0.242 e. The number of nitrogens with one attached hydrogen (secondary N) is 2. The van der Waals surface area contributed by atoms with Crippen LogP contribution in [0.1, 0.15) is 24.0 Å². The molecular formula is C13H18ClN3O2S. The largest absolute Gasteiger partial charge is 0.315 e. The summed E-state index contributed by atoms with van der Waals surface area (Å²) in [6.45, 7) is 3.29. The van der Waals surface area contributed by atoms with Crippen LogP contribution in [0, 0.1) is 18.3 Å². The molecule has 1 saturated heterocycles. The van der Waals surface area contributed by atoms with Gasteiger partial charge in [-0.25, -0.2) is 13.1 Å². The minimum atomic E-state index is -3.64. The van der Waals surface area contributed by atoms with Gasteiger partial charge in [-0.05, 0) is 37.9 Å². The molecular weight excluding hydrogens is 298 g/mol. The summed E-state index contributed by atoms with van der Waals surface area (Å²) >= 11 is 0. The molecule has 0 aliphatic carbocycles. The van der Waals surface area contributed by atoms with E-state index < -0.39 is 10.0 Å². The third kappa shape index (κ3) is 3.70. The van der Waals surface area contributed by atoms with Crippen LogP contribution in [-0.4, -0.2) is 27.5 Å². The molecule has 1 aliphatic heterocycles. The Bertz CT molecular complexity index is 605. The SMILES string of the molecule is Cc1cccc(S(=O)(=O)NC2CCCNC2)c1C#N.Cl. The predicted molar refractivity (Wildman–Crippen MR) is 79.4 cm³/mol. The second-order valence-corrected chi connectivity index (χ2v) is 6.41. The summed E-state index contributed by atoms with van der Waals surface area (Å²) in [5.41, 5.74) is 0.894. The average Bonchev–Trinajstić information content (AvgIpc) is 2.39. The molecule has 0 amide bonds. The quantitative estimate of drug-likeness (QED) is 0.881. The number of aryl methyl sites for hydroxylation is 1. The lowest BCUT2D eigenvalue weighted by molar-refractivity contribution is 0.428. The van der Waals surface area contributed by atoms with E-state index in [1.807, 2.05) is 6.07 Å². The van der Waals surface area contributed by atoms with Crippen LogP contribution >= 0.6 is 12.4 Å². The van der Waals surface area contributed by atoms with Gasteiger partial charge in [-0.3, -0.25) is 0 Å². The van der Waals surface area contributed by atoms with Crippen LogP contribution in [0.15, 0.2) is 23.1 Å². The molecule has 20 heavy (non-hydrogen) atoms. The smallest absolute Gasteiger partial charge is 0.242 e. The first-order valence-electron chi connectivity index (χ1n) is 6.27. The van der Waals surface area contributed by atoms with Crippen LogP contribution < -0.4 is 10.0 Å². The zero-order valence-corrected chi connectivity index (χ0v) is 12.9. The second kappa shape index (κ2) is 7.04. The molecule has 1 fully saturated rings. The van der Waals surface area contributed by atoms with Crippen molar-refractivity contribution in [3.63, 3.8) is 0 Å². The van der Waals surface area contributed by atoms with Crippen molar-refractivity contribution in [2.45, 2.75) is 30.7 Å². The number of benzene rings is 1. The lowest BCUT2D eigenvalue weighted by atomic mass is 10.1. The van der Waals surface area contributed by atoms with Crippen molar-refractivity contribution in [3.8, 4) is 6.07 Å². The molecule has 1 heterocycles. The minimum Gasteiger partial charge on any atom is -0.315 e. The number of hydrogen-bond acceptors (Lipinski definition) is 4. The van der Waals surface area contributed by atoms with E-state index in [0.29, 0.717) is 12.1 Å². The van der Waals surface area contributed by atoms with Crippen LogP contribution in [0.2, 0.25) is 0 Å². The normalized spacial score (nSPS) is 18.9. The molecule has 110 valence electrons. The van der Waals surface area contributed by atoms with Crippen LogP contribution in [0.5, 0.6) is 0 Å². The second-order valence-electron chi connectivity index (χ2n) is 4.72. The maximum atomic E-state index is 12.3. The third-order valence-electron chi connectivity index (χ3n) is 3.25. The van der Waals surface area contributed by atoms with E-state index in [4.69, 9.17) is 5.26 Å². The summed E-state index contributed by atoms with van der Waals surface area (Å²) in [7, 11) is -3.64. The molecule has 2 rings (SSSR count). The van der Waals surface area contributed by atoms with Gasteiger partial charge in [0.2, 0.25) is 10.0 Å². The Morgan fingerprint density at radius 1 is 1.45 bits per heavy atom. The molecule has 1 unspecified atom stereocenters. The van der Waals surface area contributed by atoms with E-state index in [-0.39, 0.29) is 28.9 Å². The first-order valence-corrected chi connectivity index (χ1v) is 7.75. The molecule has 5 nitrogen and oxygen atoms in total. The Morgan fingerprint density at radius 2 is 2.20 bits per heavy atom. The highest BCUT2D eigenvalue weighted by atomic mass is 35.5. The number of nitriles is 1. The van der Waals surface area contributed by atoms with Crippen molar-refractivity contribution in [1.82, 2.24) is 10.0 Å². The third-order valence-corrected chi connectivity index (χ3v) is 4.82. The lowest BCUT2D eigenvalue weighted by Crippen LogP contribution is -2.45. The summed E-state index contributed by atoms with van der Waals surface area (Å²) in [6.07, 6.45) is 1.77. The zero-order chi connectivity index (χ0) is 13.9. The van der Waals surface area contributed by atoms with E-state index in [2.05, 4.69) is 10.0 Å². The zero-order valence-electron chi connectivity index (χ0n) is 11.2. The Kier molecular flexibility index (Phi) is 5.96. The lowest BCUT2D eigenvalue weighted by Gasteiger charge is -2.23.